The highest BCUT2D eigenvalue weighted by Gasteiger charge is 2.26. The number of rotatable bonds is 5. The third-order valence-corrected chi connectivity index (χ3v) is 3.97. The molecule has 1 atom stereocenters. The Morgan fingerprint density at radius 3 is 2.58 bits per heavy atom. The van der Waals surface area contributed by atoms with E-state index in [0.29, 0.717) is 26.2 Å². The molecule has 0 spiro atoms. The van der Waals surface area contributed by atoms with Gasteiger partial charge < -0.3 is 9.80 Å². The van der Waals surface area contributed by atoms with Crippen LogP contribution in [0.15, 0.2) is 0 Å². The average Bonchev–Trinajstić information content (AvgIpc) is 2.37. The van der Waals surface area contributed by atoms with Crippen LogP contribution >= 0.6 is 0 Å². The van der Waals surface area contributed by atoms with Crippen LogP contribution in [0.2, 0.25) is 0 Å². The van der Waals surface area contributed by atoms with Gasteiger partial charge in [-0.3, -0.25) is 0 Å². The van der Waals surface area contributed by atoms with Crippen molar-refractivity contribution >= 4 is 16.2 Å². The van der Waals surface area contributed by atoms with Crippen molar-refractivity contribution in [2.75, 3.05) is 32.7 Å². The molecule has 1 fully saturated rings. The van der Waals surface area contributed by atoms with Crippen LogP contribution in [0.3, 0.4) is 0 Å². The highest BCUT2D eigenvalue weighted by atomic mass is 32.2. The molecule has 7 nitrogen and oxygen atoms in total. The van der Waals surface area contributed by atoms with Gasteiger partial charge in [0.1, 0.15) is 0 Å². The lowest BCUT2D eigenvalue weighted by atomic mass is 9.98. The molecule has 0 aliphatic carbocycles. The number of carbonyl (C=O) groups excluding carboxylic acids is 1. The maximum absolute atomic E-state index is 12.2. The van der Waals surface area contributed by atoms with Gasteiger partial charge in [0.05, 0.1) is 0 Å². The van der Waals surface area contributed by atoms with Crippen molar-refractivity contribution in [2.45, 2.75) is 26.7 Å². The molecule has 0 aromatic rings. The Balaban J connectivity index is 2.52. The maximum atomic E-state index is 12.2. The summed E-state index contributed by atoms with van der Waals surface area (Å²) in [6.45, 7) is 6.88. The molecule has 0 bridgehead atoms. The Bertz CT molecular complexity index is 395. The lowest BCUT2D eigenvalue weighted by Crippen LogP contribution is -2.49. The number of likely N-dealkylation sites (tertiary alicyclic amines) is 1. The molecule has 8 heteroatoms. The summed E-state index contributed by atoms with van der Waals surface area (Å²) < 4.78 is 24.0. The Morgan fingerprint density at radius 1 is 1.42 bits per heavy atom. The fraction of sp³-hybridized carbons (Fsp3) is 0.909. The van der Waals surface area contributed by atoms with Gasteiger partial charge in [0.25, 0.3) is 10.2 Å². The van der Waals surface area contributed by atoms with E-state index in [1.54, 1.807) is 9.80 Å². The van der Waals surface area contributed by atoms with E-state index in [1.807, 2.05) is 13.8 Å². The molecular formula is C11H24N4O3S. The summed E-state index contributed by atoms with van der Waals surface area (Å²) in [5.74, 6) is 0.131. The van der Waals surface area contributed by atoms with Crippen LogP contribution in [0, 0.1) is 5.92 Å². The first-order chi connectivity index (χ1) is 8.87. The number of carbonyl (C=O) groups is 1. The Labute approximate surface area is 115 Å². The number of hydrogen-bond donors (Lipinski definition) is 2. The normalized spacial score (nSPS) is 20.4. The summed E-state index contributed by atoms with van der Waals surface area (Å²) in [5, 5.41) is 4.91. The minimum atomic E-state index is -3.65. The Hall–Kier alpha value is -0.860. The first kappa shape index (κ1) is 16.2. The van der Waals surface area contributed by atoms with Crippen molar-refractivity contribution in [1.82, 2.24) is 14.5 Å². The zero-order valence-corrected chi connectivity index (χ0v) is 12.4. The highest BCUT2D eigenvalue weighted by Crippen LogP contribution is 2.17. The average molecular weight is 292 g/mol. The number of amides is 2. The third-order valence-electron chi connectivity index (χ3n) is 3.40. The number of nitrogens with two attached hydrogens (primary N) is 1. The van der Waals surface area contributed by atoms with Gasteiger partial charge >= 0.3 is 6.03 Å². The molecule has 0 saturated carbocycles. The third kappa shape index (κ3) is 5.33. The first-order valence-corrected chi connectivity index (χ1v) is 8.23. The molecule has 1 aliphatic rings. The number of hydrogen-bond acceptors (Lipinski definition) is 3. The van der Waals surface area contributed by atoms with Crippen LogP contribution in [0.4, 0.5) is 4.79 Å². The lowest BCUT2D eigenvalue weighted by molar-refractivity contribution is 0.132. The Kier molecular flexibility index (Phi) is 6.02. The second kappa shape index (κ2) is 7.06. The predicted molar refractivity (Wildman–Crippen MR) is 73.7 cm³/mol. The summed E-state index contributed by atoms with van der Waals surface area (Å²) >= 11 is 0. The summed E-state index contributed by atoms with van der Waals surface area (Å²) in [6, 6.07) is 0.0327. The fourth-order valence-electron chi connectivity index (χ4n) is 2.33. The molecule has 1 saturated heterocycles. The minimum absolute atomic E-state index is 0.0327. The second-order valence-electron chi connectivity index (χ2n) is 4.80. The van der Waals surface area contributed by atoms with Crippen LogP contribution < -0.4 is 9.86 Å². The van der Waals surface area contributed by atoms with Gasteiger partial charge in [0, 0.05) is 32.7 Å². The minimum Gasteiger partial charge on any atom is -0.325 e. The first-order valence-electron chi connectivity index (χ1n) is 6.68. The molecule has 1 unspecified atom stereocenters. The van der Waals surface area contributed by atoms with Crippen molar-refractivity contribution in [3.05, 3.63) is 0 Å². The van der Waals surface area contributed by atoms with Gasteiger partial charge in [-0.05, 0) is 32.6 Å². The summed E-state index contributed by atoms with van der Waals surface area (Å²) in [4.78, 5) is 15.8. The zero-order valence-electron chi connectivity index (χ0n) is 11.6. The SMILES string of the molecule is CCN(CC)C(=O)N1CCCC(CNS(N)(=O)=O)C1. The molecule has 112 valence electrons. The van der Waals surface area contributed by atoms with Gasteiger partial charge in [0.2, 0.25) is 0 Å². The molecule has 3 N–H and O–H groups in total. The lowest BCUT2D eigenvalue weighted by Gasteiger charge is -2.35. The number of piperidine rings is 1. The van der Waals surface area contributed by atoms with E-state index in [9.17, 15) is 13.2 Å². The molecule has 0 aromatic heterocycles. The van der Waals surface area contributed by atoms with Crippen LogP contribution in [-0.2, 0) is 10.2 Å². The number of urea groups is 1. The standard InChI is InChI=1S/C11H24N4O3S/c1-3-14(4-2)11(16)15-7-5-6-10(9-15)8-13-19(12,17)18/h10,13H,3-9H2,1-2H3,(H2,12,17,18). The van der Waals surface area contributed by atoms with E-state index in [-0.39, 0.29) is 11.9 Å². The zero-order chi connectivity index (χ0) is 14.5. The topological polar surface area (TPSA) is 95.7 Å². The summed E-state index contributed by atoms with van der Waals surface area (Å²) in [6.07, 6.45) is 1.80. The van der Waals surface area contributed by atoms with Crippen molar-refractivity contribution in [3.63, 3.8) is 0 Å². The molecule has 19 heavy (non-hydrogen) atoms. The van der Waals surface area contributed by atoms with Gasteiger partial charge in [-0.2, -0.15) is 8.42 Å². The number of nitrogens with zero attached hydrogens (tertiary/aromatic N) is 2. The van der Waals surface area contributed by atoms with Gasteiger partial charge in [0.15, 0.2) is 0 Å². The van der Waals surface area contributed by atoms with Crippen LogP contribution in [0.1, 0.15) is 26.7 Å². The van der Waals surface area contributed by atoms with E-state index in [2.05, 4.69) is 4.72 Å². The van der Waals surface area contributed by atoms with Crippen molar-refractivity contribution in [1.29, 1.82) is 0 Å². The second-order valence-corrected chi connectivity index (χ2v) is 6.18. The van der Waals surface area contributed by atoms with E-state index >= 15 is 0 Å². The summed E-state index contributed by atoms with van der Waals surface area (Å²) in [5.41, 5.74) is 0. The molecule has 0 aromatic carbocycles. The monoisotopic (exact) mass is 292 g/mol. The van der Waals surface area contributed by atoms with Crippen molar-refractivity contribution in [2.24, 2.45) is 11.1 Å². The van der Waals surface area contributed by atoms with Crippen LogP contribution in [0.5, 0.6) is 0 Å². The van der Waals surface area contributed by atoms with E-state index < -0.39 is 10.2 Å². The number of nitrogens with one attached hydrogen (secondary N) is 1. The smallest absolute Gasteiger partial charge is 0.319 e. The Morgan fingerprint density at radius 2 is 2.05 bits per heavy atom. The van der Waals surface area contributed by atoms with Gasteiger partial charge in [-0.15, -0.1) is 0 Å². The predicted octanol–water partition coefficient (Wildman–Crippen LogP) is -0.0467. The molecule has 1 rings (SSSR count). The van der Waals surface area contributed by atoms with Crippen LogP contribution in [-0.4, -0.2) is 57.0 Å². The molecule has 0 radical (unpaired) electrons. The van der Waals surface area contributed by atoms with E-state index in [1.165, 1.54) is 0 Å². The molecule has 2 amide bonds. The van der Waals surface area contributed by atoms with Gasteiger partial charge in [-0.25, -0.2) is 14.7 Å². The van der Waals surface area contributed by atoms with Crippen molar-refractivity contribution < 1.29 is 13.2 Å². The molecule has 1 aliphatic heterocycles. The van der Waals surface area contributed by atoms with E-state index in [4.69, 9.17) is 5.14 Å². The molecule has 1 heterocycles. The quantitative estimate of drug-likeness (QED) is 0.744. The largest absolute Gasteiger partial charge is 0.325 e. The van der Waals surface area contributed by atoms with E-state index in [0.717, 1.165) is 19.4 Å². The summed E-state index contributed by atoms with van der Waals surface area (Å²) in [7, 11) is -3.65. The van der Waals surface area contributed by atoms with Gasteiger partial charge in [-0.1, -0.05) is 0 Å². The van der Waals surface area contributed by atoms with Crippen LogP contribution in [0.25, 0.3) is 0 Å². The fourth-order valence-corrected chi connectivity index (χ4v) is 2.80. The van der Waals surface area contributed by atoms with Crippen molar-refractivity contribution in [3.8, 4) is 0 Å². The molecular weight excluding hydrogens is 268 g/mol. The highest BCUT2D eigenvalue weighted by molar-refractivity contribution is 7.87. The maximum Gasteiger partial charge on any atom is 0.319 e.